The number of amides is 2. The summed E-state index contributed by atoms with van der Waals surface area (Å²) in [6.45, 7) is 0. The second-order valence-corrected chi connectivity index (χ2v) is 12.4. The molecule has 2 aliphatic carbocycles. The maximum absolute atomic E-state index is 15.0. The van der Waals surface area contributed by atoms with Crippen LogP contribution in [0.3, 0.4) is 0 Å². The molecule has 236 valence electrons. The van der Waals surface area contributed by atoms with E-state index in [4.69, 9.17) is 9.84 Å². The first-order valence-electron chi connectivity index (χ1n) is 13.2. The van der Waals surface area contributed by atoms with Crippen molar-refractivity contribution in [3.63, 3.8) is 0 Å². The lowest BCUT2D eigenvalue weighted by Crippen LogP contribution is -2.47. The molecule has 1 saturated carbocycles. The third kappa shape index (κ3) is 5.87. The number of rotatable bonds is 8. The summed E-state index contributed by atoms with van der Waals surface area (Å²) in [5.41, 5.74) is -6.05. The van der Waals surface area contributed by atoms with Crippen LogP contribution in [0.2, 0.25) is 0 Å². The number of aromatic carboxylic acids is 1. The number of hydrogen-bond acceptors (Lipinski definition) is 6. The molecular formula is C30H23F5N2O7S. The maximum atomic E-state index is 15.0. The zero-order valence-electron chi connectivity index (χ0n) is 23.1. The third-order valence-corrected chi connectivity index (χ3v) is 9.33. The van der Waals surface area contributed by atoms with Crippen molar-refractivity contribution in [3.05, 3.63) is 89.5 Å². The van der Waals surface area contributed by atoms with Gasteiger partial charge in [0.1, 0.15) is 22.3 Å². The predicted octanol–water partition coefficient (Wildman–Crippen LogP) is 5.19. The van der Waals surface area contributed by atoms with Gasteiger partial charge in [0, 0.05) is 23.4 Å². The van der Waals surface area contributed by atoms with Crippen molar-refractivity contribution in [2.75, 3.05) is 12.4 Å². The van der Waals surface area contributed by atoms with E-state index in [-0.39, 0.29) is 33.9 Å². The number of carboxylic acids is 1. The van der Waals surface area contributed by atoms with Crippen molar-refractivity contribution in [2.24, 2.45) is 17.8 Å². The monoisotopic (exact) mass is 650 g/mol. The van der Waals surface area contributed by atoms with Crippen molar-refractivity contribution in [2.45, 2.75) is 22.9 Å². The topological polar surface area (TPSA) is 139 Å². The van der Waals surface area contributed by atoms with Crippen molar-refractivity contribution in [3.8, 4) is 16.9 Å². The maximum Gasteiger partial charge on any atom is 0.502 e. The number of carbonyl (C=O) groups excluding carboxylic acids is 2. The molecule has 45 heavy (non-hydrogen) atoms. The normalized spacial score (nSPS) is 20.6. The molecule has 0 heterocycles. The average Bonchev–Trinajstić information content (AvgIpc) is 3.59. The van der Waals surface area contributed by atoms with Gasteiger partial charge < -0.3 is 20.5 Å². The number of halogens is 5. The van der Waals surface area contributed by atoms with E-state index >= 15 is 4.39 Å². The van der Waals surface area contributed by atoms with Crippen LogP contribution in [0.5, 0.6) is 5.75 Å². The van der Waals surface area contributed by atoms with Gasteiger partial charge in [-0.25, -0.2) is 22.0 Å². The summed E-state index contributed by atoms with van der Waals surface area (Å²) in [7, 11) is -4.83. The number of benzene rings is 3. The van der Waals surface area contributed by atoms with Gasteiger partial charge in [0.05, 0.1) is 24.2 Å². The second kappa shape index (κ2) is 11.6. The highest BCUT2D eigenvalue weighted by molar-refractivity contribution is 7.92. The number of carbonyl (C=O) groups is 3. The number of hydrogen-bond donors (Lipinski definition) is 3. The number of carboxylic acid groups (broad SMARTS) is 1. The summed E-state index contributed by atoms with van der Waals surface area (Å²) in [6, 6.07) is 8.44. The van der Waals surface area contributed by atoms with E-state index in [1.807, 2.05) is 0 Å². The summed E-state index contributed by atoms with van der Waals surface area (Å²) in [6.07, 6.45) is 3.99. The van der Waals surface area contributed by atoms with E-state index in [0.29, 0.717) is 18.6 Å². The molecular weight excluding hydrogens is 627 g/mol. The van der Waals surface area contributed by atoms with E-state index in [1.165, 1.54) is 37.4 Å². The van der Waals surface area contributed by atoms with Crippen LogP contribution in [0.4, 0.5) is 27.6 Å². The lowest BCUT2D eigenvalue weighted by Gasteiger charge is -2.28. The Bertz CT molecular complexity index is 1840. The highest BCUT2D eigenvalue weighted by atomic mass is 32.2. The molecule has 5 rings (SSSR count). The molecule has 2 bridgehead atoms. The number of ether oxygens (including phenoxy) is 1. The fourth-order valence-corrected chi connectivity index (χ4v) is 6.51. The van der Waals surface area contributed by atoms with Crippen LogP contribution >= 0.6 is 0 Å². The Morgan fingerprint density at radius 1 is 0.933 bits per heavy atom. The van der Waals surface area contributed by atoms with Gasteiger partial charge in [-0.2, -0.15) is 13.2 Å². The van der Waals surface area contributed by atoms with Gasteiger partial charge in [0.2, 0.25) is 5.91 Å². The SMILES string of the molecule is COc1cc(F)c(-c2ccc(C(=O)O)cc2)cc1C(=O)N[C@H]1[C@@H](C(=O)Nc2ccc(F)c(S(=O)(=O)C(F)(F)F)c2)[C@@H]2C=C[C@H]1C2. The second-order valence-electron chi connectivity index (χ2n) is 10.5. The average molecular weight is 651 g/mol. The summed E-state index contributed by atoms with van der Waals surface area (Å²) in [5.74, 6) is -6.87. The molecule has 3 aromatic carbocycles. The van der Waals surface area contributed by atoms with E-state index in [1.54, 1.807) is 12.2 Å². The van der Waals surface area contributed by atoms with Crippen molar-refractivity contribution in [1.82, 2.24) is 5.32 Å². The molecule has 3 aromatic rings. The molecule has 2 aliphatic rings. The Hall–Kier alpha value is -4.79. The highest BCUT2D eigenvalue weighted by Gasteiger charge is 2.50. The van der Waals surface area contributed by atoms with Crippen molar-refractivity contribution in [1.29, 1.82) is 0 Å². The lowest BCUT2D eigenvalue weighted by atomic mass is 9.87. The molecule has 1 fully saturated rings. The molecule has 15 heteroatoms. The number of nitrogens with one attached hydrogen (secondary N) is 2. The van der Waals surface area contributed by atoms with Gasteiger partial charge in [-0.1, -0.05) is 24.3 Å². The molecule has 0 saturated heterocycles. The fraction of sp³-hybridized carbons (Fsp3) is 0.233. The van der Waals surface area contributed by atoms with Crippen molar-refractivity contribution < 1.29 is 54.6 Å². The van der Waals surface area contributed by atoms with Crippen LogP contribution in [0.25, 0.3) is 11.1 Å². The molecule has 4 atom stereocenters. The Balaban J connectivity index is 1.41. The molecule has 3 N–H and O–H groups in total. The van der Waals surface area contributed by atoms with Crippen LogP contribution in [-0.4, -0.2) is 50.0 Å². The van der Waals surface area contributed by atoms with E-state index in [0.717, 1.165) is 12.1 Å². The molecule has 2 amide bonds. The minimum Gasteiger partial charge on any atom is -0.496 e. The first kappa shape index (κ1) is 31.6. The van der Waals surface area contributed by atoms with E-state index in [9.17, 15) is 40.4 Å². The van der Waals surface area contributed by atoms with Crippen LogP contribution in [0.15, 0.2) is 71.6 Å². The Kier molecular flexibility index (Phi) is 8.16. The predicted molar refractivity (Wildman–Crippen MR) is 149 cm³/mol. The highest BCUT2D eigenvalue weighted by Crippen LogP contribution is 2.45. The number of allylic oxidation sites excluding steroid dienone is 1. The van der Waals surface area contributed by atoms with E-state index < -0.39 is 73.2 Å². The number of sulfone groups is 1. The van der Waals surface area contributed by atoms with Gasteiger partial charge >= 0.3 is 11.5 Å². The molecule has 0 aromatic heterocycles. The first-order chi connectivity index (χ1) is 21.1. The minimum atomic E-state index is -6.05. The number of alkyl halides is 3. The molecule has 0 unspecified atom stereocenters. The van der Waals surface area contributed by atoms with Gasteiger partial charge in [-0.3, -0.25) is 9.59 Å². The fourth-order valence-electron chi connectivity index (χ4n) is 5.66. The number of fused-ring (bicyclic) bond motifs is 2. The van der Waals surface area contributed by atoms with E-state index in [2.05, 4.69) is 10.6 Å². The van der Waals surface area contributed by atoms with Crippen molar-refractivity contribution >= 4 is 33.3 Å². The molecule has 0 spiro atoms. The first-order valence-corrected chi connectivity index (χ1v) is 14.7. The zero-order chi connectivity index (χ0) is 32.8. The zero-order valence-corrected chi connectivity index (χ0v) is 23.9. The Morgan fingerprint density at radius 2 is 1.60 bits per heavy atom. The smallest absolute Gasteiger partial charge is 0.496 e. The number of methoxy groups -OCH3 is 1. The third-order valence-electron chi connectivity index (χ3n) is 7.83. The largest absolute Gasteiger partial charge is 0.502 e. The standard InChI is InChI=1S/C30H23F5N2O7S/c1-44-23-13-22(32)19(14-2-4-15(5-3-14)29(40)41)12-20(23)27(38)37-26-17-7-6-16(10-17)25(26)28(39)36-18-8-9-21(31)24(11-18)45(42,43)30(33,34)35/h2-9,11-13,16-17,25-26H,10H2,1H3,(H,36,39)(H,37,38)(H,40,41)/t16-,17+,25+,26-/m1/s1. The molecule has 0 aliphatic heterocycles. The van der Waals surface area contributed by atoms with Crippen LogP contribution < -0.4 is 15.4 Å². The molecule has 0 radical (unpaired) electrons. The summed E-state index contributed by atoms with van der Waals surface area (Å²) >= 11 is 0. The quantitative estimate of drug-likeness (QED) is 0.225. The van der Waals surface area contributed by atoms with Gasteiger partial charge in [-0.05, 0) is 60.2 Å². The van der Waals surface area contributed by atoms with Crippen LogP contribution in [0, 0.1) is 29.4 Å². The molecule has 9 nitrogen and oxygen atoms in total. The Morgan fingerprint density at radius 3 is 2.22 bits per heavy atom. The van der Waals surface area contributed by atoms with Gasteiger partial charge in [0.25, 0.3) is 15.7 Å². The van der Waals surface area contributed by atoms with Crippen LogP contribution in [-0.2, 0) is 14.6 Å². The summed E-state index contributed by atoms with van der Waals surface area (Å²) in [4.78, 5) is 36.5. The summed E-state index contributed by atoms with van der Waals surface area (Å²) in [5, 5.41) is 14.2. The van der Waals surface area contributed by atoms with Crippen LogP contribution in [0.1, 0.15) is 27.1 Å². The van der Waals surface area contributed by atoms with Gasteiger partial charge in [-0.15, -0.1) is 0 Å². The van der Waals surface area contributed by atoms with Gasteiger partial charge in [0.15, 0.2) is 0 Å². The Labute approximate surface area is 252 Å². The summed E-state index contributed by atoms with van der Waals surface area (Å²) < 4.78 is 97.1. The number of anilines is 1. The minimum absolute atomic E-state index is 0.0269. The lowest BCUT2D eigenvalue weighted by molar-refractivity contribution is -0.121.